The number of hydrogen-bond acceptors (Lipinski definition) is 20. The highest BCUT2D eigenvalue weighted by Gasteiger charge is 2.34. The number of nitrogens with one attached hydrogen (secondary N) is 2. The number of nitrogens with zero attached hydrogens (tertiary/aromatic N) is 2. The number of thioether (sulfide) groups is 2. The molecule has 20 nitrogen and oxygen atoms in total. The van der Waals surface area contributed by atoms with Gasteiger partial charge in [0, 0.05) is 89.3 Å². The first-order valence-electron chi connectivity index (χ1n) is 29.2. The summed E-state index contributed by atoms with van der Waals surface area (Å²) in [4.78, 5) is 105. The number of ether oxygens (including phenoxy) is 4. The Kier molecular flexibility index (Phi) is 44.0. The number of rotatable bonds is 50. The summed E-state index contributed by atoms with van der Waals surface area (Å²) >= 11 is 1.65. The maximum Gasteiger partial charge on any atom is 0.305 e. The van der Waals surface area contributed by atoms with Crippen molar-refractivity contribution in [3.05, 3.63) is 0 Å². The highest BCUT2D eigenvalue weighted by molar-refractivity contribution is 8.13. The molecule has 452 valence electrons. The van der Waals surface area contributed by atoms with Crippen molar-refractivity contribution in [2.45, 2.75) is 231 Å². The van der Waals surface area contributed by atoms with Gasteiger partial charge in [0.15, 0.2) is 10.2 Å². The third kappa shape index (κ3) is 39.9. The van der Waals surface area contributed by atoms with Gasteiger partial charge in [0.1, 0.15) is 62.9 Å². The quantitative estimate of drug-likeness (QED) is 0.0234. The van der Waals surface area contributed by atoms with E-state index in [1.807, 2.05) is 0 Å². The highest BCUT2D eigenvalue weighted by Crippen LogP contribution is 2.16. The predicted octanol–water partition coefficient (Wildman–Crippen LogP) is 5.93. The molecule has 0 saturated carbocycles. The Labute approximate surface area is 474 Å². The van der Waals surface area contributed by atoms with Crippen molar-refractivity contribution in [1.29, 1.82) is 0 Å². The fraction of sp³-hybridized carbons (Fsp3) is 0.857. The van der Waals surface area contributed by atoms with Crippen LogP contribution < -0.4 is 10.6 Å². The minimum Gasteiger partial charge on any atom is -0.463 e. The first-order chi connectivity index (χ1) is 37.5. The highest BCUT2D eigenvalue weighted by atomic mass is 32.2. The average Bonchev–Trinajstić information content (AvgIpc) is 3.41. The number of carbonyl (C=O) groups excluding carboxylic acids is 8. The average molecular weight is 1150 g/mol. The maximum atomic E-state index is 13.1. The topological polar surface area (TPSA) is 285 Å². The number of aliphatic hydroxyl groups is 4. The number of carbonyl (C=O) groups is 8. The van der Waals surface area contributed by atoms with Crippen molar-refractivity contribution >= 4 is 69.4 Å². The Morgan fingerprint density at radius 2 is 0.654 bits per heavy atom. The van der Waals surface area contributed by atoms with Crippen molar-refractivity contribution in [2.75, 3.05) is 77.2 Å². The van der Waals surface area contributed by atoms with Gasteiger partial charge in [0.25, 0.3) is 0 Å². The summed E-state index contributed by atoms with van der Waals surface area (Å²) in [5, 5.41) is 47.8. The number of amides is 2. The zero-order valence-corrected chi connectivity index (χ0v) is 49.4. The molecule has 1 aliphatic heterocycles. The van der Waals surface area contributed by atoms with Crippen molar-refractivity contribution in [2.24, 2.45) is 0 Å². The zero-order valence-electron chi connectivity index (χ0n) is 47.7. The molecule has 0 aromatic heterocycles. The van der Waals surface area contributed by atoms with Gasteiger partial charge in [0.2, 0.25) is 11.8 Å². The Morgan fingerprint density at radius 1 is 0.410 bits per heavy atom. The number of piperazine rings is 1. The van der Waals surface area contributed by atoms with Crippen LogP contribution in [0.5, 0.6) is 0 Å². The van der Waals surface area contributed by atoms with Gasteiger partial charge in [-0.05, 0) is 25.7 Å². The number of esters is 4. The van der Waals surface area contributed by atoms with Gasteiger partial charge in [-0.3, -0.25) is 48.2 Å². The lowest BCUT2D eigenvalue weighted by atomic mass is 10.1. The summed E-state index contributed by atoms with van der Waals surface area (Å²) in [6.45, 7) is 7.17. The standard InChI is InChI=1S/C56H100N4O16S2/c1-5-9-13-17-21-25-49(65)73-37-43(61)33-59(34-44(62)38-74-50(66)26-22-18-14-10-6-2)31-29-53(69)77-41-47-55(71)58-48(56(72)57-47)42-78-54(70)30-32-60(35-45(63)39-75-51(67)27-23-19-15-11-7-3)36-46(64)40-76-52(68)28-24-20-16-12-8-4/h43-48,61-64H,5-42H2,1-4H3,(H,57,72)(H,58,71). The zero-order chi connectivity index (χ0) is 57.8. The number of unbranched alkanes of at least 4 members (excludes halogenated alkanes) is 16. The van der Waals surface area contributed by atoms with Crippen molar-refractivity contribution in [3.63, 3.8) is 0 Å². The Morgan fingerprint density at radius 3 is 0.897 bits per heavy atom. The van der Waals surface area contributed by atoms with Gasteiger partial charge in [-0.15, -0.1) is 0 Å². The molecule has 6 N–H and O–H groups in total. The van der Waals surface area contributed by atoms with Crippen LogP contribution in [0.3, 0.4) is 0 Å². The van der Waals surface area contributed by atoms with Gasteiger partial charge in [-0.1, -0.05) is 154 Å². The van der Waals surface area contributed by atoms with E-state index in [9.17, 15) is 58.8 Å². The SMILES string of the molecule is CCCCCCCC(=O)OCC(O)CN(CCC(=O)SCC1NC(=O)C(CSC(=O)CCN(CC(O)COC(=O)CCCCCCC)CC(O)COC(=O)CCCCCCC)NC1=O)CC(O)COC(=O)CCCCCCC. The summed E-state index contributed by atoms with van der Waals surface area (Å²) in [5.41, 5.74) is 0. The molecule has 1 aliphatic rings. The van der Waals surface area contributed by atoms with E-state index in [0.29, 0.717) is 25.7 Å². The molecule has 1 rings (SSSR count). The van der Waals surface area contributed by atoms with E-state index in [4.69, 9.17) is 18.9 Å². The molecule has 0 spiro atoms. The van der Waals surface area contributed by atoms with Gasteiger partial charge < -0.3 is 50.0 Å². The number of aliphatic hydroxyl groups excluding tert-OH is 4. The molecule has 1 saturated heterocycles. The predicted molar refractivity (Wildman–Crippen MR) is 302 cm³/mol. The Balaban J connectivity index is 2.75. The second-order valence-electron chi connectivity index (χ2n) is 20.5. The van der Waals surface area contributed by atoms with Gasteiger partial charge >= 0.3 is 23.9 Å². The molecule has 0 aromatic carbocycles. The Hall–Kier alpha value is -3.38. The lowest BCUT2D eigenvalue weighted by Gasteiger charge is -2.29. The van der Waals surface area contributed by atoms with Crippen molar-refractivity contribution < 1.29 is 77.7 Å². The van der Waals surface area contributed by atoms with E-state index < -0.39 is 72.2 Å². The monoisotopic (exact) mass is 1150 g/mol. The minimum absolute atomic E-state index is 0.0618. The lowest BCUT2D eigenvalue weighted by molar-refractivity contribution is -0.149. The second-order valence-corrected chi connectivity index (χ2v) is 22.7. The second kappa shape index (κ2) is 47.3. The van der Waals surface area contributed by atoms with Crippen molar-refractivity contribution in [3.8, 4) is 0 Å². The van der Waals surface area contributed by atoms with Crippen LogP contribution in [0.15, 0.2) is 0 Å². The van der Waals surface area contributed by atoms with Crippen LogP contribution in [0.2, 0.25) is 0 Å². The summed E-state index contributed by atoms with van der Waals surface area (Å²) in [6, 6.07) is -2.10. The largest absolute Gasteiger partial charge is 0.463 e. The molecule has 2 amide bonds. The fourth-order valence-electron chi connectivity index (χ4n) is 8.36. The van der Waals surface area contributed by atoms with Crippen LogP contribution in [0.1, 0.15) is 195 Å². The van der Waals surface area contributed by atoms with E-state index >= 15 is 0 Å². The first-order valence-corrected chi connectivity index (χ1v) is 31.2. The van der Waals surface area contributed by atoms with E-state index in [2.05, 4.69) is 38.3 Å². The molecule has 0 radical (unpaired) electrons. The molecule has 0 aromatic rings. The van der Waals surface area contributed by atoms with Gasteiger partial charge in [0.05, 0.1) is 0 Å². The van der Waals surface area contributed by atoms with Crippen LogP contribution in [0.25, 0.3) is 0 Å². The fourth-order valence-corrected chi connectivity index (χ4v) is 10.0. The molecular formula is C56H100N4O16S2. The maximum absolute atomic E-state index is 13.1. The van der Waals surface area contributed by atoms with Crippen LogP contribution in [0.4, 0.5) is 0 Å². The molecule has 0 bridgehead atoms. The molecule has 0 aliphatic carbocycles. The van der Waals surface area contributed by atoms with Crippen LogP contribution in [-0.4, -0.2) is 190 Å². The summed E-state index contributed by atoms with van der Waals surface area (Å²) < 4.78 is 21.2. The molecule has 1 heterocycles. The molecule has 22 heteroatoms. The summed E-state index contributed by atoms with van der Waals surface area (Å²) in [5.74, 6) is -2.97. The van der Waals surface area contributed by atoms with E-state index in [0.717, 1.165) is 126 Å². The van der Waals surface area contributed by atoms with E-state index in [-0.39, 0.29) is 126 Å². The summed E-state index contributed by atoms with van der Waals surface area (Å²) in [7, 11) is 0. The molecule has 6 atom stereocenters. The number of hydrogen-bond donors (Lipinski definition) is 6. The Bertz CT molecular complexity index is 1490. The smallest absolute Gasteiger partial charge is 0.305 e. The van der Waals surface area contributed by atoms with Crippen LogP contribution in [0, 0.1) is 0 Å². The summed E-state index contributed by atoms with van der Waals surface area (Å²) in [6.07, 6.45) is 15.4. The molecule has 78 heavy (non-hydrogen) atoms. The third-order valence-electron chi connectivity index (χ3n) is 12.9. The van der Waals surface area contributed by atoms with Gasteiger partial charge in [-0.2, -0.15) is 0 Å². The molecular weight excluding hydrogens is 1050 g/mol. The van der Waals surface area contributed by atoms with Gasteiger partial charge in [-0.25, -0.2) is 0 Å². The lowest BCUT2D eigenvalue weighted by Crippen LogP contribution is -2.63. The minimum atomic E-state index is -1.14. The third-order valence-corrected chi connectivity index (χ3v) is 15.0. The van der Waals surface area contributed by atoms with Crippen LogP contribution in [-0.2, 0) is 57.3 Å². The normalized spacial score (nSPS) is 16.0. The van der Waals surface area contributed by atoms with Crippen LogP contribution >= 0.6 is 23.5 Å². The molecule has 1 fully saturated rings. The van der Waals surface area contributed by atoms with Crippen molar-refractivity contribution in [1.82, 2.24) is 20.4 Å². The van der Waals surface area contributed by atoms with E-state index in [1.54, 1.807) is 9.80 Å². The first kappa shape index (κ1) is 72.6. The molecule has 6 unspecified atom stereocenters. The van der Waals surface area contributed by atoms with E-state index in [1.165, 1.54) is 0 Å².